The van der Waals surface area contributed by atoms with Crippen LogP contribution in [0.15, 0.2) is 22.7 Å². The Hall–Kier alpha value is -1.11. The van der Waals surface area contributed by atoms with E-state index < -0.39 is 5.97 Å². The van der Waals surface area contributed by atoms with Gasteiger partial charge < -0.3 is 18.9 Å². The molecular formula is C16H21BrO5. The lowest BCUT2D eigenvalue weighted by Crippen LogP contribution is -2.25. The van der Waals surface area contributed by atoms with E-state index in [1.54, 1.807) is 12.1 Å². The van der Waals surface area contributed by atoms with Crippen LogP contribution in [-0.4, -0.2) is 45.6 Å². The second kappa shape index (κ2) is 9.12. The number of hydrogen-bond acceptors (Lipinski definition) is 5. The highest BCUT2D eigenvalue weighted by atomic mass is 79.9. The van der Waals surface area contributed by atoms with E-state index in [0.717, 1.165) is 23.9 Å². The summed E-state index contributed by atoms with van der Waals surface area (Å²) in [7, 11) is 1.35. The molecule has 1 aliphatic rings. The highest BCUT2D eigenvalue weighted by molar-refractivity contribution is 9.10. The van der Waals surface area contributed by atoms with E-state index in [1.807, 2.05) is 6.07 Å². The second-order valence-corrected chi connectivity index (χ2v) is 5.96. The summed E-state index contributed by atoms with van der Waals surface area (Å²) in [5.41, 5.74) is 0.396. The molecule has 1 saturated heterocycles. The van der Waals surface area contributed by atoms with E-state index in [2.05, 4.69) is 15.9 Å². The summed E-state index contributed by atoms with van der Waals surface area (Å²) >= 11 is 3.33. The van der Waals surface area contributed by atoms with Crippen molar-refractivity contribution in [1.29, 1.82) is 0 Å². The van der Waals surface area contributed by atoms with Crippen LogP contribution >= 0.6 is 15.9 Å². The van der Waals surface area contributed by atoms with Gasteiger partial charge in [0.1, 0.15) is 17.9 Å². The van der Waals surface area contributed by atoms with Crippen molar-refractivity contribution in [3.8, 4) is 5.75 Å². The Morgan fingerprint density at radius 1 is 1.36 bits per heavy atom. The summed E-state index contributed by atoms with van der Waals surface area (Å²) in [6.45, 7) is 2.24. The van der Waals surface area contributed by atoms with Crippen molar-refractivity contribution in [3.05, 3.63) is 28.2 Å². The number of carbonyl (C=O) groups is 1. The first-order chi connectivity index (χ1) is 10.7. The Bertz CT molecular complexity index is 485. The molecule has 0 N–H and O–H groups in total. The molecule has 0 amide bonds. The molecule has 1 aliphatic heterocycles. The predicted molar refractivity (Wildman–Crippen MR) is 85.4 cm³/mol. The van der Waals surface area contributed by atoms with Crippen LogP contribution < -0.4 is 4.74 Å². The SMILES string of the molecule is COC(=O)c1cc(Br)ccc1OCCOCC1CCCCO1. The third-order valence-electron chi connectivity index (χ3n) is 3.41. The van der Waals surface area contributed by atoms with Crippen molar-refractivity contribution < 1.29 is 23.7 Å². The number of carbonyl (C=O) groups excluding carboxylic acids is 1. The summed E-state index contributed by atoms with van der Waals surface area (Å²) in [4.78, 5) is 11.7. The minimum Gasteiger partial charge on any atom is -0.490 e. The van der Waals surface area contributed by atoms with Crippen LogP contribution in [-0.2, 0) is 14.2 Å². The first kappa shape index (κ1) is 17.2. The molecule has 1 heterocycles. The zero-order chi connectivity index (χ0) is 15.8. The van der Waals surface area contributed by atoms with Gasteiger partial charge in [-0.1, -0.05) is 15.9 Å². The maximum atomic E-state index is 11.7. The molecule has 5 nitrogen and oxygen atoms in total. The van der Waals surface area contributed by atoms with Gasteiger partial charge in [-0.2, -0.15) is 0 Å². The standard InChI is InChI=1S/C16H21BrO5/c1-19-16(18)14-10-12(17)5-6-15(14)22-9-8-20-11-13-4-2-3-7-21-13/h5-6,10,13H,2-4,7-9,11H2,1H3. The summed E-state index contributed by atoms with van der Waals surface area (Å²) in [5, 5.41) is 0. The molecule has 0 bridgehead atoms. The summed E-state index contributed by atoms with van der Waals surface area (Å²) in [6.07, 6.45) is 3.60. The molecule has 1 fully saturated rings. The topological polar surface area (TPSA) is 54.0 Å². The Balaban J connectivity index is 1.75. The van der Waals surface area contributed by atoms with Crippen LogP contribution in [0.25, 0.3) is 0 Å². The number of methoxy groups -OCH3 is 1. The maximum Gasteiger partial charge on any atom is 0.341 e. The Morgan fingerprint density at radius 3 is 2.95 bits per heavy atom. The molecule has 0 saturated carbocycles. The van der Waals surface area contributed by atoms with Crippen LogP contribution in [0.2, 0.25) is 0 Å². The third-order valence-corrected chi connectivity index (χ3v) is 3.90. The molecule has 6 heteroatoms. The van der Waals surface area contributed by atoms with E-state index >= 15 is 0 Å². The fraction of sp³-hybridized carbons (Fsp3) is 0.562. The second-order valence-electron chi connectivity index (χ2n) is 5.04. The monoisotopic (exact) mass is 372 g/mol. The van der Waals surface area contributed by atoms with Crippen LogP contribution in [0, 0.1) is 0 Å². The lowest BCUT2D eigenvalue weighted by molar-refractivity contribution is -0.0444. The number of benzene rings is 1. The first-order valence-electron chi connectivity index (χ1n) is 7.40. The van der Waals surface area contributed by atoms with Crippen molar-refractivity contribution in [1.82, 2.24) is 0 Å². The largest absolute Gasteiger partial charge is 0.490 e. The van der Waals surface area contributed by atoms with Crippen LogP contribution in [0.1, 0.15) is 29.6 Å². The van der Waals surface area contributed by atoms with Crippen molar-refractivity contribution in [2.45, 2.75) is 25.4 Å². The van der Waals surface area contributed by atoms with Gasteiger partial charge in [-0.3, -0.25) is 0 Å². The van der Waals surface area contributed by atoms with Gasteiger partial charge >= 0.3 is 5.97 Å². The molecule has 22 heavy (non-hydrogen) atoms. The number of hydrogen-bond donors (Lipinski definition) is 0. The van der Waals surface area contributed by atoms with Gasteiger partial charge in [-0.25, -0.2) is 4.79 Å². The highest BCUT2D eigenvalue weighted by Crippen LogP contribution is 2.24. The normalized spacial score (nSPS) is 18.0. The van der Waals surface area contributed by atoms with Gasteiger partial charge in [0, 0.05) is 11.1 Å². The smallest absolute Gasteiger partial charge is 0.341 e. The van der Waals surface area contributed by atoms with Gasteiger partial charge in [-0.05, 0) is 37.5 Å². The van der Waals surface area contributed by atoms with Crippen molar-refractivity contribution >= 4 is 21.9 Å². The van der Waals surface area contributed by atoms with Gasteiger partial charge in [0.15, 0.2) is 0 Å². The minimum atomic E-state index is -0.423. The fourth-order valence-electron chi connectivity index (χ4n) is 2.26. The molecule has 0 aromatic heterocycles. The van der Waals surface area contributed by atoms with Gasteiger partial charge in [0.05, 0.1) is 26.4 Å². The van der Waals surface area contributed by atoms with Crippen molar-refractivity contribution in [2.75, 3.05) is 33.5 Å². The molecule has 1 unspecified atom stereocenters. The fourth-order valence-corrected chi connectivity index (χ4v) is 2.62. The quantitative estimate of drug-likeness (QED) is 0.543. The summed E-state index contributed by atoms with van der Waals surface area (Å²) in [6, 6.07) is 5.23. The number of ether oxygens (including phenoxy) is 4. The molecule has 0 aliphatic carbocycles. The lowest BCUT2D eigenvalue weighted by Gasteiger charge is -2.22. The number of halogens is 1. The lowest BCUT2D eigenvalue weighted by atomic mass is 10.1. The molecule has 1 aromatic carbocycles. The Labute approximate surface area is 139 Å². The summed E-state index contributed by atoms with van der Waals surface area (Å²) in [5.74, 6) is 0.0698. The predicted octanol–water partition coefficient (Wildman–Crippen LogP) is 3.20. The zero-order valence-corrected chi connectivity index (χ0v) is 14.3. The third kappa shape index (κ3) is 5.26. The van der Waals surface area contributed by atoms with E-state index in [4.69, 9.17) is 18.9 Å². The van der Waals surface area contributed by atoms with Crippen molar-refractivity contribution in [3.63, 3.8) is 0 Å². The molecule has 1 atom stereocenters. The highest BCUT2D eigenvalue weighted by Gasteiger charge is 2.15. The van der Waals surface area contributed by atoms with E-state index in [1.165, 1.54) is 13.5 Å². The zero-order valence-electron chi connectivity index (χ0n) is 12.7. The molecular weight excluding hydrogens is 352 g/mol. The molecule has 1 aromatic rings. The van der Waals surface area contributed by atoms with E-state index in [0.29, 0.717) is 31.1 Å². The molecule has 0 radical (unpaired) electrons. The molecule has 0 spiro atoms. The van der Waals surface area contributed by atoms with E-state index in [9.17, 15) is 4.79 Å². The summed E-state index contributed by atoms with van der Waals surface area (Å²) < 4.78 is 22.3. The van der Waals surface area contributed by atoms with Crippen LogP contribution in [0.4, 0.5) is 0 Å². The van der Waals surface area contributed by atoms with Gasteiger partial charge in [0.25, 0.3) is 0 Å². The van der Waals surface area contributed by atoms with E-state index in [-0.39, 0.29) is 6.10 Å². The molecule has 122 valence electrons. The van der Waals surface area contributed by atoms with Crippen molar-refractivity contribution in [2.24, 2.45) is 0 Å². The van der Waals surface area contributed by atoms with Gasteiger partial charge in [0.2, 0.25) is 0 Å². The average Bonchev–Trinajstić information content (AvgIpc) is 2.56. The first-order valence-corrected chi connectivity index (χ1v) is 8.20. The van der Waals surface area contributed by atoms with Crippen LogP contribution in [0.3, 0.4) is 0 Å². The van der Waals surface area contributed by atoms with Gasteiger partial charge in [-0.15, -0.1) is 0 Å². The Kier molecular flexibility index (Phi) is 7.15. The van der Waals surface area contributed by atoms with Crippen LogP contribution in [0.5, 0.6) is 5.75 Å². The number of rotatable bonds is 7. The molecule has 2 rings (SSSR count). The maximum absolute atomic E-state index is 11.7. The number of esters is 1. The Morgan fingerprint density at radius 2 is 2.23 bits per heavy atom. The average molecular weight is 373 g/mol. The minimum absolute atomic E-state index is 0.201.